The molecule has 7 heteroatoms. The monoisotopic (exact) mass is 361 g/mol. The van der Waals surface area contributed by atoms with Crippen LogP contribution in [-0.2, 0) is 5.75 Å². The molecule has 24 heavy (non-hydrogen) atoms. The summed E-state index contributed by atoms with van der Waals surface area (Å²) in [6, 6.07) is 6.43. The molecule has 3 aromatic rings. The highest BCUT2D eigenvalue weighted by Gasteiger charge is 2.21. The lowest BCUT2D eigenvalue weighted by Crippen LogP contribution is -2.21. The zero-order valence-electron chi connectivity index (χ0n) is 14.5. The normalized spacial score (nSPS) is 14.2. The molecular formula is C17H23N5S2. The van der Waals surface area contributed by atoms with Gasteiger partial charge < -0.3 is 5.73 Å². The molecule has 3 rings (SSSR count). The number of aromatic nitrogens is 4. The van der Waals surface area contributed by atoms with Crippen LogP contribution in [0.1, 0.15) is 48.8 Å². The Kier molecular flexibility index (Phi) is 5.22. The van der Waals surface area contributed by atoms with E-state index < -0.39 is 0 Å². The molecule has 0 radical (unpaired) electrons. The zero-order valence-corrected chi connectivity index (χ0v) is 16.1. The van der Waals surface area contributed by atoms with Crippen LogP contribution in [-0.4, -0.2) is 19.8 Å². The second-order valence-electron chi connectivity index (χ2n) is 6.25. The largest absolute Gasteiger partial charge is 0.321 e. The summed E-state index contributed by atoms with van der Waals surface area (Å²) >= 11 is 3.31. The molecule has 0 fully saturated rings. The van der Waals surface area contributed by atoms with Crippen LogP contribution in [0.4, 0.5) is 0 Å². The van der Waals surface area contributed by atoms with Gasteiger partial charge in [0, 0.05) is 5.75 Å². The highest BCUT2D eigenvalue weighted by atomic mass is 32.2. The predicted molar refractivity (Wildman–Crippen MR) is 101 cm³/mol. The Labute approximate surface area is 150 Å². The summed E-state index contributed by atoms with van der Waals surface area (Å²) in [5.41, 5.74) is 10.3. The van der Waals surface area contributed by atoms with Crippen LogP contribution < -0.4 is 5.73 Å². The first-order chi connectivity index (χ1) is 11.5. The Balaban J connectivity index is 1.79. The quantitative estimate of drug-likeness (QED) is 0.668. The number of thioether (sulfide) groups is 1. The Morgan fingerprint density at radius 2 is 2.08 bits per heavy atom. The molecule has 128 valence electrons. The highest BCUT2D eigenvalue weighted by Crippen LogP contribution is 2.30. The molecule has 0 saturated heterocycles. The van der Waals surface area contributed by atoms with Crippen molar-refractivity contribution >= 4 is 28.1 Å². The number of fused-ring (bicyclic) bond motifs is 1. The molecule has 0 aliphatic heterocycles. The third kappa shape index (κ3) is 3.48. The smallest absolute Gasteiger partial charge is 0.235 e. The fraction of sp³-hybridized carbons (Fsp3) is 0.471. The van der Waals surface area contributed by atoms with E-state index in [4.69, 9.17) is 5.73 Å². The van der Waals surface area contributed by atoms with Crippen LogP contribution in [0.2, 0.25) is 0 Å². The van der Waals surface area contributed by atoms with Crippen LogP contribution in [0.5, 0.6) is 0 Å². The minimum absolute atomic E-state index is 0.135. The summed E-state index contributed by atoms with van der Waals surface area (Å²) in [6.07, 6.45) is 1.01. The van der Waals surface area contributed by atoms with Crippen LogP contribution in [0, 0.1) is 19.8 Å². The van der Waals surface area contributed by atoms with Gasteiger partial charge in [-0.25, -0.2) is 0 Å². The van der Waals surface area contributed by atoms with Crippen molar-refractivity contribution in [1.82, 2.24) is 19.8 Å². The maximum absolute atomic E-state index is 6.30. The summed E-state index contributed by atoms with van der Waals surface area (Å²) < 4.78 is 2.81. The number of benzene rings is 1. The first-order valence-corrected chi connectivity index (χ1v) is 9.96. The second-order valence-corrected chi connectivity index (χ2v) is 8.43. The van der Waals surface area contributed by atoms with Crippen LogP contribution in [0.15, 0.2) is 22.5 Å². The van der Waals surface area contributed by atoms with E-state index >= 15 is 0 Å². The van der Waals surface area contributed by atoms with Crippen molar-refractivity contribution in [2.45, 2.75) is 50.3 Å². The summed E-state index contributed by atoms with van der Waals surface area (Å²) in [5.74, 6) is 2.02. The lowest BCUT2D eigenvalue weighted by Gasteiger charge is -2.15. The van der Waals surface area contributed by atoms with Crippen molar-refractivity contribution in [3.63, 3.8) is 0 Å². The van der Waals surface area contributed by atoms with Gasteiger partial charge >= 0.3 is 0 Å². The molecule has 0 aliphatic rings. The second kappa shape index (κ2) is 7.21. The molecule has 2 unspecified atom stereocenters. The van der Waals surface area contributed by atoms with Gasteiger partial charge in [0.1, 0.15) is 0 Å². The van der Waals surface area contributed by atoms with Crippen LogP contribution in [0.25, 0.3) is 4.96 Å². The van der Waals surface area contributed by atoms with E-state index in [1.165, 1.54) is 16.7 Å². The van der Waals surface area contributed by atoms with E-state index in [0.717, 1.165) is 27.3 Å². The van der Waals surface area contributed by atoms with Gasteiger partial charge in [0.25, 0.3) is 0 Å². The molecule has 0 spiro atoms. The lowest BCUT2D eigenvalue weighted by molar-refractivity contribution is 0.431. The topological polar surface area (TPSA) is 69.1 Å². The van der Waals surface area contributed by atoms with Gasteiger partial charge in [-0.1, -0.05) is 67.1 Å². The average molecular weight is 362 g/mol. The molecule has 0 bridgehead atoms. The maximum Gasteiger partial charge on any atom is 0.235 e. The van der Waals surface area contributed by atoms with Crippen molar-refractivity contribution < 1.29 is 0 Å². The van der Waals surface area contributed by atoms with E-state index in [1.807, 2.05) is 4.52 Å². The molecular weight excluding hydrogens is 338 g/mol. The molecule has 2 aromatic heterocycles. The molecule has 2 N–H and O–H groups in total. The van der Waals surface area contributed by atoms with E-state index in [2.05, 4.69) is 61.2 Å². The minimum Gasteiger partial charge on any atom is -0.321 e. The molecule has 1 aromatic carbocycles. The predicted octanol–water partition coefficient (Wildman–Crippen LogP) is 4.14. The van der Waals surface area contributed by atoms with Crippen molar-refractivity contribution in [3.8, 4) is 0 Å². The molecule has 0 saturated carbocycles. The summed E-state index contributed by atoms with van der Waals surface area (Å²) in [4.78, 5) is 0.812. The highest BCUT2D eigenvalue weighted by molar-refractivity contribution is 8.00. The molecule has 0 amide bonds. The number of nitrogens with two attached hydrogens (primary N) is 1. The van der Waals surface area contributed by atoms with E-state index in [9.17, 15) is 0 Å². The standard InChI is InChI=1S/C17H23N5S2/c1-5-11(3)14(18)15-19-20-16-22(15)21-17(24-16)23-9-13-8-10(2)6-7-12(13)4/h6-8,11,14H,5,9,18H2,1-4H3. The Bertz CT molecular complexity index is 839. The molecule has 2 heterocycles. The molecule has 2 atom stereocenters. The third-order valence-corrected chi connectivity index (χ3v) is 6.49. The average Bonchev–Trinajstić information content (AvgIpc) is 3.14. The number of aryl methyl sites for hydroxylation is 2. The van der Waals surface area contributed by atoms with Crippen LogP contribution in [0.3, 0.4) is 0 Å². The Morgan fingerprint density at radius 1 is 1.29 bits per heavy atom. The van der Waals surface area contributed by atoms with Crippen molar-refractivity contribution in [1.29, 1.82) is 0 Å². The Hall–Kier alpha value is -1.44. The lowest BCUT2D eigenvalue weighted by atomic mass is 10.00. The maximum atomic E-state index is 6.30. The molecule has 5 nitrogen and oxygen atoms in total. The summed E-state index contributed by atoms with van der Waals surface area (Å²) in [7, 11) is 0. The van der Waals surface area contributed by atoms with Gasteiger partial charge in [-0.3, -0.25) is 0 Å². The summed E-state index contributed by atoms with van der Waals surface area (Å²) in [6.45, 7) is 8.54. The Morgan fingerprint density at radius 3 is 2.83 bits per heavy atom. The third-order valence-electron chi connectivity index (χ3n) is 4.41. The fourth-order valence-corrected chi connectivity index (χ4v) is 4.43. The van der Waals surface area contributed by atoms with E-state index in [-0.39, 0.29) is 6.04 Å². The van der Waals surface area contributed by atoms with Crippen molar-refractivity contribution in [2.75, 3.05) is 0 Å². The molecule has 0 aliphatic carbocycles. The van der Waals surface area contributed by atoms with Crippen LogP contribution >= 0.6 is 23.1 Å². The van der Waals surface area contributed by atoms with Gasteiger partial charge in [0.05, 0.1) is 6.04 Å². The first-order valence-electron chi connectivity index (χ1n) is 8.16. The van der Waals surface area contributed by atoms with Gasteiger partial charge in [0.2, 0.25) is 4.96 Å². The van der Waals surface area contributed by atoms with Crippen molar-refractivity contribution in [2.24, 2.45) is 11.7 Å². The summed E-state index contributed by atoms with van der Waals surface area (Å²) in [5, 5.41) is 13.1. The van der Waals surface area contributed by atoms with E-state index in [0.29, 0.717) is 5.92 Å². The van der Waals surface area contributed by atoms with E-state index in [1.54, 1.807) is 23.1 Å². The fourth-order valence-electron chi connectivity index (χ4n) is 2.48. The number of hydrogen-bond donors (Lipinski definition) is 1. The van der Waals surface area contributed by atoms with Crippen molar-refractivity contribution in [3.05, 3.63) is 40.7 Å². The van der Waals surface area contributed by atoms with Gasteiger partial charge in [-0.15, -0.1) is 15.3 Å². The number of nitrogens with zero attached hydrogens (tertiary/aromatic N) is 4. The van der Waals surface area contributed by atoms with Gasteiger partial charge in [-0.05, 0) is 30.9 Å². The number of hydrogen-bond acceptors (Lipinski definition) is 6. The SMILES string of the molecule is CCC(C)C(N)c1nnc2sc(SCc3cc(C)ccc3C)nn12. The minimum atomic E-state index is -0.135. The van der Waals surface area contributed by atoms with Gasteiger partial charge in [-0.2, -0.15) is 4.52 Å². The number of rotatable bonds is 6. The zero-order chi connectivity index (χ0) is 17.3. The first kappa shape index (κ1) is 17.4. The van der Waals surface area contributed by atoms with Gasteiger partial charge in [0.15, 0.2) is 10.2 Å².